The largest absolute Gasteiger partial charge is 0.447 e. The van der Waals surface area contributed by atoms with E-state index in [9.17, 15) is 28.8 Å². The number of Topliss-reactive ketones (excluding diaryl/α,β-unsaturated/α-hetero) is 1. The van der Waals surface area contributed by atoms with Crippen LogP contribution in [0.25, 0.3) is 0 Å². The van der Waals surface area contributed by atoms with Crippen LogP contribution in [0.3, 0.4) is 0 Å². The molecule has 0 radical (unpaired) electrons. The fourth-order valence-corrected chi connectivity index (χ4v) is 7.62. The highest BCUT2D eigenvalue weighted by molar-refractivity contribution is 6.38. The minimum Gasteiger partial charge on any atom is -0.447 e. The van der Waals surface area contributed by atoms with Gasteiger partial charge in [0.1, 0.15) is 18.7 Å². The zero-order valence-electron chi connectivity index (χ0n) is 30.8. The third kappa shape index (κ3) is 8.58. The molecule has 1 aliphatic heterocycles. The highest BCUT2D eigenvalue weighted by Crippen LogP contribution is 2.65. The summed E-state index contributed by atoms with van der Waals surface area (Å²) in [5.41, 5.74) is 1.52. The van der Waals surface area contributed by atoms with Crippen molar-refractivity contribution >= 4 is 35.6 Å². The third-order valence-corrected chi connectivity index (χ3v) is 10.8. The molecule has 13 nitrogen and oxygen atoms in total. The van der Waals surface area contributed by atoms with Gasteiger partial charge in [-0.05, 0) is 65.9 Å². The second-order valence-electron chi connectivity index (χ2n) is 15.6. The number of carbonyl (C=O) groups is 6. The Morgan fingerprint density at radius 3 is 2.18 bits per heavy atom. The summed E-state index contributed by atoms with van der Waals surface area (Å²) in [5.74, 6) is -2.68. The van der Waals surface area contributed by atoms with Crippen LogP contribution in [-0.2, 0) is 36.8 Å². The molecule has 50 heavy (non-hydrogen) atoms. The Kier molecular flexibility index (Phi) is 12.2. The van der Waals surface area contributed by atoms with E-state index in [-0.39, 0.29) is 35.7 Å². The van der Waals surface area contributed by atoms with E-state index >= 15 is 0 Å². The van der Waals surface area contributed by atoms with E-state index in [0.717, 1.165) is 17.5 Å². The summed E-state index contributed by atoms with van der Waals surface area (Å²) in [5, 5.41) is 13.7. The molecule has 1 aromatic carbocycles. The van der Waals surface area contributed by atoms with Gasteiger partial charge in [0, 0.05) is 20.1 Å². The van der Waals surface area contributed by atoms with E-state index < -0.39 is 59.3 Å². The van der Waals surface area contributed by atoms with E-state index in [2.05, 4.69) is 40.4 Å². The van der Waals surface area contributed by atoms with Crippen molar-refractivity contribution in [1.29, 1.82) is 0 Å². The summed E-state index contributed by atoms with van der Waals surface area (Å²) >= 11 is 0. The summed E-state index contributed by atoms with van der Waals surface area (Å²) in [6, 6.07) is 3.95. The summed E-state index contributed by atoms with van der Waals surface area (Å²) < 4.78 is 5.36. The van der Waals surface area contributed by atoms with E-state index in [1.807, 2.05) is 52.0 Å². The lowest BCUT2D eigenvalue weighted by molar-refractivity contribution is -0.144. The van der Waals surface area contributed by atoms with Crippen molar-refractivity contribution in [1.82, 2.24) is 31.5 Å². The molecule has 1 saturated heterocycles. The standard InChI is InChI=1S/C37H56N6O7/c1-9-11-16-25(30(44)32(46)38-8)40-31(45)29-27-24(37(27,6)7)19-43(29)33(47)28(23-17-21-14-12-13-15-22(21)18-23)42-34(48)41-26(36(3,4)5)20-50-35(49)39-10-2/h12-15,23-29H,9-11,16-20H2,1-8H3,(H,38,46)(H,39,49)(H,40,45)(H2,41,42,48)/t24-,25?,26+,27-,28-,29-/m0/s1. The molecule has 1 heterocycles. The fraction of sp³-hybridized carbons (Fsp3) is 0.676. The monoisotopic (exact) mass is 696 g/mol. The van der Waals surface area contributed by atoms with Gasteiger partial charge in [-0.15, -0.1) is 0 Å². The van der Waals surface area contributed by atoms with Crippen LogP contribution in [0.4, 0.5) is 9.59 Å². The van der Waals surface area contributed by atoms with Crippen molar-refractivity contribution in [2.24, 2.45) is 28.6 Å². The Labute approximate surface area is 295 Å². The maximum atomic E-state index is 14.7. The molecule has 276 valence electrons. The lowest BCUT2D eigenvalue weighted by Gasteiger charge is -2.36. The molecule has 0 bridgehead atoms. The number of ether oxygens (including phenoxy) is 1. The molecular weight excluding hydrogens is 640 g/mol. The molecular formula is C37H56N6O7. The van der Waals surface area contributed by atoms with Gasteiger partial charge in [-0.3, -0.25) is 19.2 Å². The van der Waals surface area contributed by atoms with Crippen molar-refractivity contribution in [2.45, 2.75) is 105 Å². The summed E-state index contributed by atoms with van der Waals surface area (Å²) in [6.45, 7) is 14.3. The number of likely N-dealkylation sites (tertiary alicyclic amines) is 1. The molecule has 5 N–H and O–H groups in total. The minimum atomic E-state index is -1.01. The number of hydrogen-bond acceptors (Lipinski definition) is 7. The molecule has 6 atom stereocenters. The topological polar surface area (TPSA) is 175 Å². The number of urea groups is 1. The minimum absolute atomic E-state index is 0.0675. The molecule has 6 amide bonds. The molecule has 4 rings (SSSR count). The zero-order chi connectivity index (χ0) is 37.0. The van der Waals surface area contributed by atoms with Crippen molar-refractivity contribution in [3.05, 3.63) is 35.4 Å². The van der Waals surface area contributed by atoms with Gasteiger partial charge < -0.3 is 36.2 Å². The van der Waals surface area contributed by atoms with Crippen LogP contribution in [-0.4, -0.2) is 91.4 Å². The molecule has 13 heteroatoms. The van der Waals surface area contributed by atoms with Crippen LogP contribution in [0, 0.1) is 28.6 Å². The number of unbranched alkanes of at least 4 members (excludes halogenated alkanes) is 1. The quantitative estimate of drug-likeness (QED) is 0.186. The number of amides is 6. The van der Waals surface area contributed by atoms with Crippen molar-refractivity contribution in [2.75, 3.05) is 26.7 Å². The lowest BCUT2D eigenvalue weighted by atomic mass is 9.87. The molecule has 0 spiro atoms. The van der Waals surface area contributed by atoms with E-state index in [1.165, 1.54) is 7.05 Å². The van der Waals surface area contributed by atoms with Crippen molar-refractivity contribution < 1.29 is 33.5 Å². The molecule has 1 unspecified atom stereocenters. The lowest BCUT2D eigenvalue weighted by Crippen LogP contribution is -2.61. The van der Waals surface area contributed by atoms with Crippen LogP contribution in [0.2, 0.25) is 0 Å². The number of nitrogens with zero attached hydrogens (tertiary/aromatic N) is 1. The normalized spacial score (nSPS) is 22.2. The first-order valence-corrected chi connectivity index (χ1v) is 18.0. The molecule has 1 saturated carbocycles. The Morgan fingerprint density at radius 1 is 0.980 bits per heavy atom. The number of rotatable bonds is 14. The summed E-state index contributed by atoms with van der Waals surface area (Å²) in [7, 11) is 1.37. The van der Waals surface area contributed by atoms with Crippen molar-refractivity contribution in [3.63, 3.8) is 0 Å². The highest BCUT2D eigenvalue weighted by Gasteiger charge is 2.69. The Bertz CT molecular complexity index is 1430. The zero-order valence-corrected chi connectivity index (χ0v) is 30.8. The second kappa shape index (κ2) is 15.8. The van der Waals surface area contributed by atoms with Gasteiger partial charge in [0.15, 0.2) is 0 Å². The first-order valence-electron chi connectivity index (χ1n) is 18.0. The number of likely N-dealkylation sites (N-methyl/N-ethyl adjacent to an activating group) is 1. The average Bonchev–Trinajstić information content (AvgIpc) is 3.43. The van der Waals surface area contributed by atoms with Crippen LogP contribution in [0.15, 0.2) is 24.3 Å². The predicted octanol–water partition coefficient (Wildman–Crippen LogP) is 2.70. The molecule has 3 aliphatic rings. The number of piperidine rings is 1. The fourth-order valence-electron chi connectivity index (χ4n) is 7.62. The number of benzene rings is 1. The molecule has 1 aromatic rings. The Hall–Kier alpha value is -4.16. The molecule has 0 aromatic heterocycles. The van der Waals surface area contributed by atoms with E-state index in [1.54, 1.807) is 11.8 Å². The van der Waals surface area contributed by atoms with Gasteiger partial charge in [-0.25, -0.2) is 9.59 Å². The van der Waals surface area contributed by atoms with Gasteiger partial charge in [0.05, 0.1) is 12.1 Å². The Balaban J connectivity index is 1.60. The highest BCUT2D eigenvalue weighted by atomic mass is 16.5. The van der Waals surface area contributed by atoms with E-state index in [0.29, 0.717) is 38.8 Å². The predicted molar refractivity (Wildman–Crippen MR) is 188 cm³/mol. The smallest absolute Gasteiger partial charge is 0.407 e. The molecule has 2 fully saturated rings. The number of fused-ring (bicyclic) bond motifs is 2. The Morgan fingerprint density at radius 2 is 1.62 bits per heavy atom. The molecule has 2 aliphatic carbocycles. The average molecular weight is 697 g/mol. The van der Waals surface area contributed by atoms with Crippen LogP contribution < -0.4 is 26.6 Å². The number of alkyl carbamates (subject to hydrolysis) is 1. The van der Waals surface area contributed by atoms with Gasteiger partial charge in [0.25, 0.3) is 5.91 Å². The summed E-state index contributed by atoms with van der Waals surface area (Å²) in [4.78, 5) is 81.4. The second-order valence-corrected chi connectivity index (χ2v) is 15.6. The SMILES string of the molecule is CCCCC(NC(=O)[C@@H]1[C@@H]2[C@H](CN1C(=O)[C@@H](NC(=O)N[C@H](COC(=O)NCC)C(C)(C)C)C1Cc3ccccc3C1)C2(C)C)C(=O)C(=O)NC. The first-order chi connectivity index (χ1) is 23.5. The van der Waals surface area contributed by atoms with Gasteiger partial charge in [0.2, 0.25) is 17.6 Å². The first kappa shape index (κ1) is 38.6. The number of hydrogen-bond donors (Lipinski definition) is 5. The third-order valence-electron chi connectivity index (χ3n) is 10.8. The van der Waals surface area contributed by atoms with Gasteiger partial charge in [-0.1, -0.05) is 78.6 Å². The van der Waals surface area contributed by atoms with Crippen molar-refractivity contribution in [3.8, 4) is 0 Å². The maximum Gasteiger partial charge on any atom is 0.407 e. The van der Waals surface area contributed by atoms with Gasteiger partial charge >= 0.3 is 12.1 Å². The van der Waals surface area contributed by atoms with Crippen LogP contribution in [0.5, 0.6) is 0 Å². The maximum absolute atomic E-state index is 14.7. The van der Waals surface area contributed by atoms with Crippen LogP contribution in [0.1, 0.15) is 78.9 Å². The number of ketones is 1. The van der Waals surface area contributed by atoms with E-state index in [4.69, 9.17) is 4.74 Å². The van der Waals surface area contributed by atoms with Gasteiger partial charge in [-0.2, -0.15) is 0 Å². The summed E-state index contributed by atoms with van der Waals surface area (Å²) in [6.07, 6.45) is 2.25. The number of carbonyl (C=O) groups excluding carboxylic acids is 6. The van der Waals surface area contributed by atoms with Crippen LogP contribution >= 0.6 is 0 Å². The number of nitrogens with one attached hydrogen (secondary N) is 5.